The lowest BCUT2D eigenvalue weighted by Crippen LogP contribution is -2.23. The number of esters is 1. The van der Waals surface area contributed by atoms with Gasteiger partial charge in [-0.05, 0) is 75.5 Å². The Labute approximate surface area is 142 Å². The second-order valence-electron chi connectivity index (χ2n) is 6.82. The van der Waals surface area contributed by atoms with Crippen LogP contribution in [0, 0.1) is 4.84 Å². The van der Waals surface area contributed by atoms with Crippen LogP contribution in [0.3, 0.4) is 0 Å². The van der Waals surface area contributed by atoms with Crippen LogP contribution in [-0.4, -0.2) is 16.6 Å². The molecule has 0 atom stereocenters. The van der Waals surface area contributed by atoms with Gasteiger partial charge in [0.1, 0.15) is 5.60 Å². The Morgan fingerprint density at radius 2 is 1.96 bits per heavy atom. The number of hydrogen-bond acceptors (Lipinski definition) is 4. The van der Waals surface area contributed by atoms with Crippen molar-refractivity contribution in [3.05, 3.63) is 28.1 Å². The first-order valence-electron chi connectivity index (χ1n) is 8.15. The topological polar surface area (TPSA) is 55.2 Å². The lowest BCUT2D eigenvalue weighted by molar-refractivity contribution is -0.154. The molecule has 1 N–H and O–H groups in total. The lowest BCUT2D eigenvalue weighted by atomic mass is 9.98. The summed E-state index contributed by atoms with van der Waals surface area (Å²) in [7, 11) is 0. The number of H-pyrrole nitrogens is 1. The van der Waals surface area contributed by atoms with E-state index in [-0.39, 0.29) is 5.97 Å². The van der Waals surface area contributed by atoms with Crippen molar-refractivity contribution in [3.63, 3.8) is 0 Å². The summed E-state index contributed by atoms with van der Waals surface area (Å²) in [6, 6.07) is 4.16. The predicted octanol–water partition coefficient (Wildman–Crippen LogP) is 5.11. The summed E-state index contributed by atoms with van der Waals surface area (Å²) in [5.74, 6) is -0.144. The van der Waals surface area contributed by atoms with Crippen LogP contribution in [0.1, 0.15) is 58.1 Å². The van der Waals surface area contributed by atoms with Crippen molar-refractivity contribution in [3.8, 4) is 0 Å². The molecule has 0 aliphatic rings. The van der Waals surface area contributed by atoms with E-state index in [1.807, 2.05) is 26.8 Å². The molecule has 0 spiro atoms. The van der Waals surface area contributed by atoms with Crippen molar-refractivity contribution in [2.24, 2.45) is 0 Å². The molecule has 0 aliphatic carbocycles. The summed E-state index contributed by atoms with van der Waals surface area (Å²) in [5.41, 5.74) is 3.81. The maximum absolute atomic E-state index is 11.8. The molecule has 0 unspecified atom stereocenters. The highest BCUT2D eigenvalue weighted by Crippen LogP contribution is 2.23. The fraction of sp³-hybridized carbons (Fsp3) is 0.556. The molecule has 0 fully saturated rings. The van der Waals surface area contributed by atoms with Gasteiger partial charge in [-0.2, -0.15) is 0 Å². The molecule has 126 valence electrons. The second-order valence-corrected chi connectivity index (χ2v) is 7.19. The summed E-state index contributed by atoms with van der Waals surface area (Å²) >= 11 is 5.05. The predicted molar refractivity (Wildman–Crippen MR) is 94.2 cm³/mol. The molecule has 4 nitrogen and oxygen atoms in total. The van der Waals surface area contributed by atoms with E-state index < -0.39 is 5.60 Å². The average Bonchev–Trinajstić information content (AvgIpc) is 2.76. The summed E-state index contributed by atoms with van der Waals surface area (Å²) in [5, 5.41) is 0. The van der Waals surface area contributed by atoms with Gasteiger partial charge >= 0.3 is 5.97 Å². The maximum atomic E-state index is 11.8. The Balaban J connectivity index is 2.07. The highest BCUT2D eigenvalue weighted by atomic mass is 32.1. The van der Waals surface area contributed by atoms with Crippen LogP contribution in [-0.2, 0) is 22.4 Å². The molecule has 0 bridgehead atoms. The Morgan fingerprint density at radius 1 is 1.26 bits per heavy atom. The van der Waals surface area contributed by atoms with Gasteiger partial charge < -0.3 is 14.1 Å². The number of aromatic nitrogens is 1. The number of hydrogen-bond donors (Lipinski definition) is 1. The zero-order valence-electron chi connectivity index (χ0n) is 14.3. The van der Waals surface area contributed by atoms with Crippen molar-refractivity contribution in [1.82, 2.24) is 4.98 Å². The molecule has 2 rings (SSSR count). The third-order valence-corrected chi connectivity index (χ3v) is 3.69. The number of oxazole rings is 1. The van der Waals surface area contributed by atoms with Crippen molar-refractivity contribution < 1.29 is 13.9 Å². The van der Waals surface area contributed by atoms with E-state index in [1.54, 1.807) is 0 Å². The minimum absolute atomic E-state index is 0.144. The number of carbonyl (C=O) groups is 1. The standard InChI is InChI=1S/C18H25NO3S/c1-5-7-12-10-14-15(21-17(23)19-14)11-13(12)8-6-9-16(20)22-18(2,3)4/h10-11H,5-9H2,1-4H3,(H,19,23). The molecule has 5 heteroatoms. The minimum Gasteiger partial charge on any atom is -0.460 e. The Kier molecular flexibility index (Phi) is 5.63. The van der Waals surface area contributed by atoms with Crippen LogP contribution in [0.25, 0.3) is 11.1 Å². The molecule has 2 aromatic rings. The van der Waals surface area contributed by atoms with Crippen molar-refractivity contribution in [1.29, 1.82) is 0 Å². The molecular formula is C18H25NO3S. The van der Waals surface area contributed by atoms with Crippen LogP contribution >= 0.6 is 12.2 Å². The third kappa shape index (κ3) is 5.20. The lowest BCUT2D eigenvalue weighted by Gasteiger charge is -2.19. The van der Waals surface area contributed by atoms with E-state index in [1.165, 1.54) is 11.1 Å². The molecule has 1 aromatic heterocycles. The fourth-order valence-electron chi connectivity index (χ4n) is 2.63. The second kappa shape index (κ2) is 7.30. The molecule has 1 aromatic carbocycles. The summed E-state index contributed by atoms with van der Waals surface area (Å²) in [4.78, 5) is 15.3. The van der Waals surface area contributed by atoms with E-state index in [9.17, 15) is 4.79 Å². The summed E-state index contributed by atoms with van der Waals surface area (Å²) < 4.78 is 10.9. The van der Waals surface area contributed by atoms with Crippen LogP contribution in [0.5, 0.6) is 0 Å². The number of aryl methyl sites for hydroxylation is 2. The van der Waals surface area contributed by atoms with Crippen molar-refractivity contribution >= 4 is 29.3 Å². The number of fused-ring (bicyclic) bond motifs is 1. The normalized spacial score (nSPS) is 11.8. The summed E-state index contributed by atoms with van der Waals surface area (Å²) in [6.45, 7) is 7.82. The summed E-state index contributed by atoms with van der Waals surface area (Å²) in [6.07, 6.45) is 4.10. The first kappa shape index (κ1) is 17.7. The first-order valence-corrected chi connectivity index (χ1v) is 8.56. The van der Waals surface area contributed by atoms with Crippen molar-refractivity contribution in [2.75, 3.05) is 0 Å². The molecule has 1 heterocycles. The van der Waals surface area contributed by atoms with Gasteiger partial charge in [-0.15, -0.1) is 0 Å². The van der Waals surface area contributed by atoms with Crippen LogP contribution < -0.4 is 0 Å². The van der Waals surface area contributed by atoms with Crippen LogP contribution in [0.2, 0.25) is 0 Å². The van der Waals surface area contributed by atoms with E-state index in [4.69, 9.17) is 21.4 Å². The Bertz CT molecular complexity index is 737. The van der Waals surface area contributed by atoms with E-state index in [2.05, 4.69) is 18.0 Å². The van der Waals surface area contributed by atoms with Gasteiger partial charge in [0.2, 0.25) is 0 Å². The molecule has 0 aliphatic heterocycles. The highest BCUT2D eigenvalue weighted by Gasteiger charge is 2.16. The monoisotopic (exact) mass is 335 g/mol. The molecule has 0 amide bonds. The highest BCUT2D eigenvalue weighted by molar-refractivity contribution is 7.71. The quantitative estimate of drug-likeness (QED) is 0.589. The number of ether oxygens (including phenoxy) is 1. The van der Waals surface area contributed by atoms with Gasteiger partial charge in [-0.3, -0.25) is 4.79 Å². The van der Waals surface area contributed by atoms with E-state index in [0.717, 1.165) is 36.8 Å². The number of carbonyl (C=O) groups excluding carboxylic acids is 1. The van der Waals surface area contributed by atoms with E-state index in [0.29, 0.717) is 11.3 Å². The van der Waals surface area contributed by atoms with Gasteiger partial charge in [0.15, 0.2) is 5.58 Å². The zero-order valence-corrected chi connectivity index (χ0v) is 15.1. The Morgan fingerprint density at radius 3 is 2.61 bits per heavy atom. The van der Waals surface area contributed by atoms with Gasteiger partial charge in [-0.25, -0.2) is 0 Å². The smallest absolute Gasteiger partial charge is 0.306 e. The Hall–Kier alpha value is -1.62. The van der Waals surface area contributed by atoms with Crippen molar-refractivity contribution in [2.45, 2.75) is 65.4 Å². The minimum atomic E-state index is -0.423. The molecule has 0 saturated heterocycles. The SMILES string of the molecule is CCCc1cc2[nH]c(=S)oc2cc1CCCC(=O)OC(C)(C)C. The van der Waals surface area contributed by atoms with Gasteiger partial charge in [0.05, 0.1) is 5.52 Å². The van der Waals surface area contributed by atoms with Crippen LogP contribution in [0.4, 0.5) is 0 Å². The third-order valence-electron chi connectivity index (χ3n) is 3.51. The molecular weight excluding hydrogens is 310 g/mol. The number of rotatable bonds is 6. The molecule has 0 radical (unpaired) electrons. The average molecular weight is 335 g/mol. The zero-order chi connectivity index (χ0) is 17.0. The van der Waals surface area contributed by atoms with Crippen LogP contribution in [0.15, 0.2) is 16.5 Å². The van der Waals surface area contributed by atoms with E-state index >= 15 is 0 Å². The molecule has 23 heavy (non-hydrogen) atoms. The van der Waals surface area contributed by atoms with Gasteiger partial charge in [0, 0.05) is 6.42 Å². The largest absolute Gasteiger partial charge is 0.460 e. The first-order chi connectivity index (χ1) is 10.8. The van der Waals surface area contributed by atoms with Gasteiger partial charge in [0.25, 0.3) is 4.84 Å². The van der Waals surface area contributed by atoms with Gasteiger partial charge in [-0.1, -0.05) is 13.3 Å². The maximum Gasteiger partial charge on any atom is 0.306 e. The molecule has 0 saturated carbocycles. The number of aromatic amines is 1. The number of benzene rings is 1. The fourth-order valence-corrected chi connectivity index (χ4v) is 2.83. The number of nitrogens with one attached hydrogen (secondary N) is 1.